The molecule has 2 N–H and O–H groups in total. The van der Waals surface area contributed by atoms with Gasteiger partial charge in [-0.25, -0.2) is 0 Å². The van der Waals surface area contributed by atoms with Crippen molar-refractivity contribution in [3.05, 3.63) is 47.9 Å². The maximum Gasteiger partial charge on any atom is 0.387 e. The maximum absolute atomic E-state index is 12.5. The van der Waals surface area contributed by atoms with Gasteiger partial charge in [-0.1, -0.05) is 6.07 Å². The quantitative estimate of drug-likeness (QED) is 0.316. The molecular formula is C20H27F2N3O4. The topological polar surface area (TPSA) is 77.2 Å². The van der Waals surface area contributed by atoms with Gasteiger partial charge in [-0.3, -0.25) is 4.99 Å². The van der Waals surface area contributed by atoms with Gasteiger partial charge in [-0.15, -0.1) is 0 Å². The average Bonchev–Trinajstić information content (AvgIpc) is 3.22. The first-order valence-electron chi connectivity index (χ1n) is 9.37. The van der Waals surface area contributed by atoms with E-state index < -0.39 is 6.61 Å². The molecule has 0 aliphatic carbocycles. The molecule has 160 valence electrons. The monoisotopic (exact) mass is 411 g/mol. The highest BCUT2D eigenvalue weighted by Crippen LogP contribution is 2.29. The number of aliphatic imine (C=N–C) groups is 1. The smallest absolute Gasteiger partial charge is 0.387 e. The molecule has 29 heavy (non-hydrogen) atoms. The van der Waals surface area contributed by atoms with Gasteiger partial charge in [0.15, 0.2) is 17.5 Å². The number of guanidine groups is 1. The zero-order chi connectivity index (χ0) is 20.9. The van der Waals surface area contributed by atoms with Crippen molar-refractivity contribution >= 4 is 5.96 Å². The molecule has 2 aromatic rings. The van der Waals surface area contributed by atoms with E-state index in [1.807, 2.05) is 12.1 Å². The van der Waals surface area contributed by atoms with E-state index in [1.165, 1.54) is 6.07 Å². The van der Waals surface area contributed by atoms with Crippen molar-refractivity contribution < 1.29 is 27.4 Å². The number of furan rings is 1. The van der Waals surface area contributed by atoms with E-state index in [1.54, 1.807) is 32.4 Å². The largest absolute Gasteiger partial charge is 0.490 e. The van der Waals surface area contributed by atoms with Crippen molar-refractivity contribution in [2.75, 3.05) is 26.8 Å². The first kappa shape index (κ1) is 22.5. The van der Waals surface area contributed by atoms with Gasteiger partial charge >= 0.3 is 6.61 Å². The zero-order valence-corrected chi connectivity index (χ0v) is 16.6. The Morgan fingerprint density at radius 2 is 2.07 bits per heavy atom. The van der Waals surface area contributed by atoms with Crippen LogP contribution in [-0.4, -0.2) is 39.4 Å². The minimum Gasteiger partial charge on any atom is -0.490 e. The maximum atomic E-state index is 12.5. The van der Waals surface area contributed by atoms with E-state index in [0.29, 0.717) is 38.9 Å². The van der Waals surface area contributed by atoms with Crippen LogP contribution in [0.2, 0.25) is 0 Å². The summed E-state index contributed by atoms with van der Waals surface area (Å²) in [7, 11) is 1.67. The first-order chi connectivity index (χ1) is 14.1. The van der Waals surface area contributed by atoms with Crippen molar-refractivity contribution in [2.45, 2.75) is 33.1 Å². The highest BCUT2D eigenvalue weighted by molar-refractivity contribution is 5.79. The summed E-state index contributed by atoms with van der Waals surface area (Å²) in [5.74, 6) is 1.72. The van der Waals surface area contributed by atoms with Crippen LogP contribution in [0, 0.1) is 0 Å². The fourth-order valence-electron chi connectivity index (χ4n) is 2.48. The van der Waals surface area contributed by atoms with Gasteiger partial charge in [0.1, 0.15) is 12.4 Å². The number of hydrogen-bond acceptors (Lipinski definition) is 5. The number of nitrogens with one attached hydrogen (secondary N) is 2. The highest BCUT2D eigenvalue weighted by atomic mass is 19.3. The number of hydrogen-bond donors (Lipinski definition) is 2. The molecule has 0 atom stereocenters. The summed E-state index contributed by atoms with van der Waals surface area (Å²) >= 11 is 0. The molecule has 7 nitrogen and oxygen atoms in total. The van der Waals surface area contributed by atoms with Gasteiger partial charge in [-0.05, 0) is 43.2 Å². The minimum atomic E-state index is -2.90. The van der Waals surface area contributed by atoms with Crippen molar-refractivity contribution in [1.29, 1.82) is 0 Å². The lowest BCUT2D eigenvalue weighted by Gasteiger charge is -2.15. The molecule has 9 heteroatoms. The standard InChI is InChI=1S/C20H27F2N3O4/c1-3-27-18-12-15(7-8-17(18)29-19(21)22)13-25-20(23-2)24-9-5-10-26-14-16-6-4-11-28-16/h4,6-8,11-12,19H,3,5,9-10,13-14H2,1-2H3,(H2,23,24,25). The molecule has 0 saturated heterocycles. The Hall–Kier alpha value is -2.81. The summed E-state index contributed by atoms with van der Waals surface area (Å²) in [6.45, 7) is 1.40. The van der Waals surface area contributed by atoms with Crippen molar-refractivity contribution in [3.8, 4) is 11.5 Å². The van der Waals surface area contributed by atoms with E-state index >= 15 is 0 Å². The van der Waals surface area contributed by atoms with E-state index in [0.717, 1.165) is 17.7 Å². The minimum absolute atomic E-state index is 0.0163. The average molecular weight is 411 g/mol. The molecule has 0 aliphatic heterocycles. The van der Waals surface area contributed by atoms with Crippen LogP contribution < -0.4 is 20.1 Å². The SMILES string of the molecule is CCOc1cc(CNC(=NC)NCCCOCc2ccco2)ccc1OC(F)F. The van der Waals surface area contributed by atoms with E-state index in [2.05, 4.69) is 20.4 Å². The van der Waals surface area contributed by atoms with Crippen LogP contribution >= 0.6 is 0 Å². The Labute approximate surface area is 169 Å². The fourth-order valence-corrected chi connectivity index (χ4v) is 2.48. The van der Waals surface area contributed by atoms with Crippen LogP contribution in [0.1, 0.15) is 24.7 Å². The van der Waals surface area contributed by atoms with Gasteiger partial charge < -0.3 is 29.3 Å². The van der Waals surface area contributed by atoms with Crippen LogP contribution in [-0.2, 0) is 17.9 Å². The molecule has 2 rings (SSSR count). The van der Waals surface area contributed by atoms with E-state index in [9.17, 15) is 8.78 Å². The molecule has 0 spiro atoms. The Morgan fingerprint density at radius 1 is 1.21 bits per heavy atom. The Morgan fingerprint density at radius 3 is 2.76 bits per heavy atom. The van der Waals surface area contributed by atoms with Crippen LogP contribution in [0.15, 0.2) is 46.0 Å². The van der Waals surface area contributed by atoms with Gasteiger partial charge in [0, 0.05) is 26.7 Å². The molecule has 0 unspecified atom stereocenters. The van der Waals surface area contributed by atoms with E-state index in [4.69, 9.17) is 13.9 Å². The Bertz CT molecular complexity index is 739. The van der Waals surface area contributed by atoms with Gasteiger partial charge in [-0.2, -0.15) is 8.78 Å². The molecule has 0 bridgehead atoms. The summed E-state index contributed by atoms with van der Waals surface area (Å²) in [4.78, 5) is 4.16. The number of benzene rings is 1. The lowest BCUT2D eigenvalue weighted by atomic mass is 10.2. The second kappa shape index (κ2) is 12.6. The molecule has 0 amide bonds. The predicted molar refractivity (Wildman–Crippen MR) is 105 cm³/mol. The lowest BCUT2D eigenvalue weighted by Crippen LogP contribution is -2.37. The predicted octanol–water partition coefficient (Wildman–Crippen LogP) is 3.55. The van der Waals surface area contributed by atoms with Gasteiger partial charge in [0.25, 0.3) is 0 Å². The number of nitrogens with zero attached hydrogens (tertiary/aromatic N) is 1. The molecule has 0 saturated carbocycles. The molecule has 0 radical (unpaired) electrons. The second-order valence-corrected chi connectivity index (χ2v) is 5.93. The third-order valence-corrected chi connectivity index (χ3v) is 3.79. The third kappa shape index (κ3) is 8.39. The Kier molecular flexibility index (Phi) is 9.77. The number of ether oxygens (including phenoxy) is 3. The highest BCUT2D eigenvalue weighted by Gasteiger charge is 2.11. The first-order valence-corrected chi connectivity index (χ1v) is 9.37. The van der Waals surface area contributed by atoms with Gasteiger partial charge in [0.05, 0.1) is 12.9 Å². The molecule has 0 aliphatic rings. The number of alkyl halides is 2. The zero-order valence-electron chi connectivity index (χ0n) is 16.6. The molecule has 0 fully saturated rings. The van der Waals surface area contributed by atoms with Crippen LogP contribution in [0.5, 0.6) is 11.5 Å². The van der Waals surface area contributed by atoms with Crippen molar-refractivity contribution in [2.24, 2.45) is 4.99 Å². The van der Waals surface area contributed by atoms with Crippen molar-refractivity contribution in [3.63, 3.8) is 0 Å². The number of rotatable bonds is 12. The molecule has 1 heterocycles. The molecule has 1 aromatic heterocycles. The van der Waals surface area contributed by atoms with Gasteiger partial charge in [0.2, 0.25) is 0 Å². The molecular weight excluding hydrogens is 384 g/mol. The summed E-state index contributed by atoms with van der Waals surface area (Å²) in [5.41, 5.74) is 0.847. The van der Waals surface area contributed by atoms with Crippen LogP contribution in [0.3, 0.4) is 0 Å². The summed E-state index contributed by atoms with van der Waals surface area (Å²) in [6.07, 6.45) is 2.42. The summed E-state index contributed by atoms with van der Waals surface area (Å²) in [6, 6.07) is 8.54. The summed E-state index contributed by atoms with van der Waals surface area (Å²) < 4.78 is 45.5. The van der Waals surface area contributed by atoms with Crippen molar-refractivity contribution in [1.82, 2.24) is 10.6 Å². The normalized spacial score (nSPS) is 11.6. The lowest BCUT2D eigenvalue weighted by molar-refractivity contribution is -0.0514. The molecule has 1 aromatic carbocycles. The Balaban J connectivity index is 1.72. The number of halogens is 2. The van der Waals surface area contributed by atoms with Crippen LogP contribution in [0.25, 0.3) is 0 Å². The van der Waals surface area contributed by atoms with Crippen LogP contribution in [0.4, 0.5) is 8.78 Å². The van der Waals surface area contributed by atoms with E-state index in [-0.39, 0.29) is 11.5 Å². The summed E-state index contributed by atoms with van der Waals surface area (Å²) in [5, 5.41) is 6.36. The second-order valence-electron chi connectivity index (χ2n) is 5.93. The fraction of sp³-hybridized carbons (Fsp3) is 0.450. The third-order valence-electron chi connectivity index (χ3n) is 3.79.